The van der Waals surface area contributed by atoms with E-state index in [4.69, 9.17) is 10.5 Å². The van der Waals surface area contributed by atoms with Crippen molar-refractivity contribution in [3.8, 4) is 0 Å². The molecule has 6 nitrogen and oxygen atoms in total. The van der Waals surface area contributed by atoms with E-state index in [-0.39, 0.29) is 30.2 Å². The lowest BCUT2D eigenvalue weighted by Crippen LogP contribution is -2.76. The van der Waals surface area contributed by atoms with Gasteiger partial charge in [0, 0.05) is 44.6 Å². The predicted molar refractivity (Wildman–Crippen MR) is 104 cm³/mol. The zero-order chi connectivity index (χ0) is 20.5. The van der Waals surface area contributed by atoms with Gasteiger partial charge in [-0.15, -0.1) is 0 Å². The third kappa shape index (κ3) is 3.53. The zero-order valence-electron chi connectivity index (χ0n) is 16.9. The number of amides is 2. The second-order valence-electron chi connectivity index (χ2n) is 8.28. The lowest BCUT2D eigenvalue weighted by atomic mass is 9.54. The smallest absolute Gasteiger partial charge is 0.243 e. The molecule has 1 aliphatic carbocycles. The van der Waals surface area contributed by atoms with Crippen molar-refractivity contribution in [2.24, 2.45) is 11.1 Å². The Bertz CT molecular complexity index is 746. The first-order valence-electron chi connectivity index (χ1n) is 9.91. The van der Waals surface area contributed by atoms with Crippen LogP contribution in [0, 0.1) is 11.2 Å². The van der Waals surface area contributed by atoms with Gasteiger partial charge in [0.25, 0.3) is 0 Å². The van der Waals surface area contributed by atoms with E-state index in [2.05, 4.69) is 0 Å². The average molecular weight is 391 g/mol. The maximum atomic E-state index is 13.8. The maximum absolute atomic E-state index is 13.8. The third-order valence-corrected chi connectivity index (χ3v) is 6.43. The zero-order valence-corrected chi connectivity index (χ0v) is 16.9. The highest BCUT2D eigenvalue weighted by molar-refractivity contribution is 5.89. The van der Waals surface area contributed by atoms with Crippen LogP contribution in [0.2, 0.25) is 0 Å². The molecule has 7 heteroatoms. The number of carbonyl (C=O) groups excluding carboxylic acids is 2. The van der Waals surface area contributed by atoms with Crippen LogP contribution < -0.4 is 5.73 Å². The van der Waals surface area contributed by atoms with Gasteiger partial charge in [-0.25, -0.2) is 4.39 Å². The number of hydrogen-bond acceptors (Lipinski definition) is 4. The molecule has 2 fully saturated rings. The molecule has 28 heavy (non-hydrogen) atoms. The fraction of sp³-hybridized carbons (Fsp3) is 0.619. The average Bonchev–Trinajstić information content (AvgIpc) is 2.69. The van der Waals surface area contributed by atoms with Crippen LogP contribution >= 0.6 is 0 Å². The molecule has 0 spiro atoms. The molecule has 2 amide bonds. The van der Waals surface area contributed by atoms with Gasteiger partial charge < -0.3 is 20.3 Å². The third-order valence-electron chi connectivity index (χ3n) is 6.43. The van der Waals surface area contributed by atoms with E-state index in [0.29, 0.717) is 44.8 Å². The van der Waals surface area contributed by atoms with Gasteiger partial charge in [0.05, 0.1) is 12.5 Å². The van der Waals surface area contributed by atoms with E-state index >= 15 is 0 Å². The largest absolute Gasteiger partial charge is 0.378 e. The van der Waals surface area contributed by atoms with E-state index < -0.39 is 11.0 Å². The van der Waals surface area contributed by atoms with Crippen molar-refractivity contribution in [1.29, 1.82) is 0 Å². The van der Waals surface area contributed by atoms with Gasteiger partial charge in [0.15, 0.2) is 0 Å². The molecule has 1 saturated heterocycles. The number of carbonyl (C=O) groups is 2. The molecule has 1 aliphatic heterocycles. The Kier molecular flexibility index (Phi) is 5.77. The maximum Gasteiger partial charge on any atom is 0.243 e. The molecular formula is C21H30FN3O3. The van der Waals surface area contributed by atoms with Crippen LogP contribution in [0.1, 0.15) is 32.8 Å². The molecule has 2 unspecified atom stereocenters. The number of ether oxygens (including phenoxy) is 1. The molecule has 1 heterocycles. The highest BCUT2D eigenvalue weighted by Gasteiger charge is 2.63. The SMILES string of the molecule is CCOC1CC(N)(C(=O)N2CCN(C(=O)Cc3ccccc3F)CC2)C1(C)C. The Morgan fingerprint density at radius 3 is 2.36 bits per heavy atom. The number of benzene rings is 1. The number of piperazine rings is 1. The van der Waals surface area contributed by atoms with Crippen LogP contribution in [0.15, 0.2) is 24.3 Å². The molecule has 154 valence electrons. The Morgan fingerprint density at radius 2 is 1.79 bits per heavy atom. The summed E-state index contributed by atoms with van der Waals surface area (Å²) < 4.78 is 19.5. The van der Waals surface area contributed by atoms with Crippen molar-refractivity contribution in [2.75, 3.05) is 32.8 Å². The molecule has 1 saturated carbocycles. The Balaban J connectivity index is 1.56. The molecule has 0 aromatic heterocycles. The van der Waals surface area contributed by atoms with E-state index in [1.54, 1.807) is 28.0 Å². The normalized spacial score (nSPS) is 26.7. The van der Waals surface area contributed by atoms with Crippen molar-refractivity contribution in [2.45, 2.75) is 45.3 Å². The van der Waals surface area contributed by atoms with E-state index in [0.717, 1.165) is 0 Å². The number of rotatable bonds is 5. The quantitative estimate of drug-likeness (QED) is 0.827. The van der Waals surface area contributed by atoms with Gasteiger partial charge in [-0.2, -0.15) is 0 Å². The van der Waals surface area contributed by atoms with Crippen molar-refractivity contribution >= 4 is 11.8 Å². The Labute approximate surface area is 165 Å². The van der Waals surface area contributed by atoms with Crippen molar-refractivity contribution in [3.63, 3.8) is 0 Å². The van der Waals surface area contributed by atoms with Crippen LogP contribution in [0.3, 0.4) is 0 Å². The minimum absolute atomic E-state index is 0.0184. The molecule has 2 aliphatic rings. The topological polar surface area (TPSA) is 75.9 Å². The number of nitrogens with two attached hydrogens (primary N) is 1. The van der Waals surface area contributed by atoms with E-state index in [1.807, 2.05) is 20.8 Å². The van der Waals surface area contributed by atoms with Gasteiger partial charge >= 0.3 is 0 Å². The summed E-state index contributed by atoms with van der Waals surface area (Å²) in [4.78, 5) is 29.0. The van der Waals surface area contributed by atoms with Crippen molar-refractivity contribution in [3.05, 3.63) is 35.6 Å². The summed E-state index contributed by atoms with van der Waals surface area (Å²) in [5, 5.41) is 0. The molecule has 2 atom stereocenters. The number of halogens is 1. The highest BCUT2D eigenvalue weighted by Crippen LogP contribution is 2.50. The summed E-state index contributed by atoms with van der Waals surface area (Å²) in [5.74, 6) is -0.569. The second kappa shape index (κ2) is 7.79. The van der Waals surface area contributed by atoms with Gasteiger partial charge in [0.2, 0.25) is 11.8 Å². The summed E-state index contributed by atoms with van der Waals surface area (Å²) in [6.07, 6.45) is 0.527. The molecule has 3 rings (SSSR count). The van der Waals surface area contributed by atoms with E-state index in [9.17, 15) is 14.0 Å². The van der Waals surface area contributed by atoms with Gasteiger partial charge in [0.1, 0.15) is 11.4 Å². The van der Waals surface area contributed by atoms with E-state index in [1.165, 1.54) is 6.07 Å². The van der Waals surface area contributed by atoms with Crippen LogP contribution in [0.5, 0.6) is 0 Å². The minimum atomic E-state index is -0.938. The molecule has 0 radical (unpaired) electrons. The first-order valence-corrected chi connectivity index (χ1v) is 9.91. The molecule has 1 aromatic carbocycles. The van der Waals surface area contributed by atoms with Crippen LogP contribution in [-0.4, -0.2) is 66.0 Å². The predicted octanol–water partition coefficient (Wildman–Crippen LogP) is 1.57. The molecule has 2 N–H and O–H groups in total. The number of hydrogen-bond donors (Lipinski definition) is 1. The van der Waals surface area contributed by atoms with Crippen molar-refractivity contribution < 1.29 is 18.7 Å². The van der Waals surface area contributed by atoms with Crippen molar-refractivity contribution in [1.82, 2.24) is 9.80 Å². The molecule has 1 aromatic rings. The summed E-state index contributed by atoms with van der Waals surface area (Å²) in [5.41, 5.74) is 5.52. The lowest BCUT2D eigenvalue weighted by Gasteiger charge is -2.59. The standard InChI is InChI=1S/C21H30FN3O3/c1-4-28-17-14-21(23,20(17,2)3)19(27)25-11-9-24(10-12-25)18(26)13-15-7-5-6-8-16(15)22/h5-8,17H,4,9-14,23H2,1-3H3. The summed E-state index contributed by atoms with van der Waals surface area (Å²) >= 11 is 0. The summed E-state index contributed by atoms with van der Waals surface area (Å²) in [6, 6.07) is 6.31. The fourth-order valence-corrected chi connectivity index (χ4v) is 4.16. The summed E-state index contributed by atoms with van der Waals surface area (Å²) in [6.45, 7) is 8.24. The van der Waals surface area contributed by atoms with Gasteiger partial charge in [-0.1, -0.05) is 32.0 Å². The lowest BCUT2D eigenvalue weighted by molar-refractivity contribution is -0.180. The van der Waals surface area contributed by atoms with Gasteiger partial charge in [-0.3, -0.25) is 9.59 Å². The highest BCUT2D eigenvalue weighted by atomic mass is 19.1. The molecule has 0 bridgehead atoms. The van der Waals surface area contributed by atoms with Crippen LogP contribution in [0.4, 0.5) is 4.39 Å². The number of nitrogens with zero attached hydrogens (tertiary/aromatic N) is 2. The second-order valence-corrected chi connectivity index (χ2v) is 8.28. The first kappa shape index (κ1) is 20.7. The van der Waals surface area contributed by atoms with Crippen LogP contribution in [0.25, 0.3) is 0 Å². The Hall–Kier alpha value is -1.99. The summed E-state index contributed by atoms with van der Waals surface area (Å²) in [7, 11) is 0. The Morgan fingerprint density at radius 1 is 1.18 bits per heavy atom. The van der Waals surface area contributed by atoms with Gasteiger partial charge in [-0.05, 0) is 18.6 Å². The fourth-order valence-electron chi connectivity index (χ4n) is 4.16. The molecular weight excluding hydrogens is 361 g/mol. The first-order chi connectivity index (χ1) is 13.2. The minimum Gasteiger partial charge on any atom is -0.378 e. The van der Waals surface area contributed by atoms with Crippen LogP contribution in [-0.2, 0) is 20.7 Å². The monoisotopic (exact) mass is 391 g/mol.